The first kappa shape index (κ1) is 12.1. The van der Waals surface area contributed by atoms with E-state index in [9.17, 15) is 0 Å². The van der Waals surface area contributed by atoms with Crippen molar-refractivity contribution in [3.05, 3.63) is 18.2 Å². The van der Waals surface area contributed by atoms with Gasteiger partial charge in [-0.25, -0.2) is 4.98 Å². The quantitative estimate of drug-likeness (QED) is 0.907. The van der Waals surface area contributed by atoms with Gasteiger partial charge in [-0.2, -0.15) is 11.8 Å². The lowest BCUT2D eigenvalue weighted by atomic mass is 10.3. The first-order valence-corrected chi connectivity index (χ1v) is 8.02. The van der Waals surface area contributed by atoms with Gasteiger partial charge in [-0.3, -0.25) is 0 Å². The Morgan fingerprint density at radius 3 is 3.00 bits per heavy atom. The van der Waals surface area contributed by atoms with Crippen molar-refractivity contribution in [3.8, 4) is 5.75 Å². The fraction of sp³-hybridized carbons (Fsp3) is 0.462. The summed E-state index contributed by atoms with van der Waals surface area (Å²) in [5, 5.41) is 4.48. The Morgan fingerprint density at radius 2 is 2.33 bits per heavy atom. The van der Waals surface area contributed by atoms with E-state index in [1.807, 2.05) is 30.0 Å². The van der Waals surface area contributed by atoms with Gasteiger partial charge in [0.1, 0.15) is 5.75 Å². The molecule has 0 aliphatic heterocycles. The van der Waals surface area contributed by atoms with E-state index in [-0.39, 0.29) is 0 Å². The first-order valence-electron chi connectivity index (χ1n) is 5.98. The molecule has 3 nitrogen and oxygen atoms in total. The molecule has 1 aromatic heterocycles. The largest absolute Gasteiger partial charge is 0.497 e. The number of nitrogens with one attached hydrogen (secondary N) is 1. The molecule has 1 N–H and O–H groups in total. The number of benzene rings is 1. The molecule has 1 saturated carbocycles. The van der Waals surface area contributed by atoms with Gasteiger partial charge in [-0.15, -0.1) is 0 Å². The monoisotopic (exact) mass is 280 g/mol. The van der Waals surface area contributed by atoms with Crippen LogP contribution in [0.3, 0.4) is 0 Å². The number of nitrogens with zero attached hydrogens (tertiary/aromatic N) is 1. The summed E-state index contributed by atoms with van der Waals surface area (Å²) in [4.78, 5) is 4.60. The fourth-order valence-electron chi connectivity index (χ4n) is 1.94. The van der Waals surface area contributed by atoms with Gasteiger partial charge in [0.05, 0.1) is 17.3 Å². The van der Waals surface area contributed by atoms with E-state index in [2.05, 4.69) is 16.6 Å². The predicted molar refractivity (Wildman–Crippen MR) is 80.1 cm³/mol. The zero-order valence-electron chi connectivity index (χ0n) is 10.5. The summed E-state index contributed by atoms with van der Waals surface area (Å²) >= 11 is 3.66. The van der Waals surface area contributed by atoms with Crippen molar-refractivity contribution in [1.29, 1.82) is 0 Å². The van der Waals surface area contributed by atoms with Crippen molar-refractivity contribution in [2.45, 2.75) is 17.6 Å². The molecular formula is C13H16N2OS2. The highest BCUT2D eigenvalue weighted by atomic mass is 32.2. The standard InChI is InChI=1S/C13H16N2OS2/c1-16-9-3-4-10-11(7-9)18-12(15-10)14-8-13(17-2)5-6-13/h3-4,7H,5-6,8H2,1-2H3,(H,14,15). The van der Waals surface area contributed by atoms with E-state index < -0.39 is 0 Å². The Bertz CT molecular complexity index is 563. The third-order valence-electron chi connectivity index (χ3n) is 3.40. The number of thioether (sulfide) groups is 1. The minimum Gasteiger partial charge on any atom is -0.497 e. The summed E-state index contributed by atoms with van der Waals surface area (Å²) in [6.07, 6.45) is 4.83. The molecular weight excluding hydrogens is 264 g/mol. The van der Waals surface area contributed by atoms with E-state index in [1.54, 1.807) is 18.4 Å². The van der Waals surface area contributed by atoms with Gasteiger partial charge in [0.2, 0.25) is 0 Å². The van der Waals surface area contributed by atoms with E-state index in [0.29, 0.717) is 4.75 Å². The van der Waals surface area contributed by atoms with Crippen LogP contribution in [0.4, 0.5) is 5.13 Å². The normalized spacial score (nSPS) is 16.8. The Balaban J connectivity index is 1.76. The second kappa shape index (κ2) is 4.63. The van der Waals surface area contributed by atoms with Crippen LogP contribution in [-0.4, -0.2) is 29.6 Å². The maximum Gasteiger partial charge on any atom is 0.183 e. The highest BCUT2D eigenvalue weighted by Gasteiger charge is 2.41. The molecule has 1 fully saturated rings. The van der Waals surface area contributed by atoms with Crippen LogP contribution in [0.2, 0.25) is 0 Å². The molecule has 0 amide bonds. The molecule has 5 heteroatoms. The van der Waals surface area contributed by atoms with Crippen LogP contribution < -0.4 is 10.1 Å². The molecule has 1 aliphatic rings. The molecule has 18 heavy (non-hydrogen) atoms. The molecule has 0 saturated heterocycles. The number of methoxy groups -OCH3 is 1. The number of hydrogen-bond donors (Lipinski definition) is 1. The molecule has 2 aromatic rings. The molecule has 1 heterocycles. The third kappa shape index (κ3) is 2.29. The van der Waals surface area contributed by atoms with Crippen LogP contribution in [0, 0.1) is 0 Å². The number of aromatic nitrogens is 1. The number of rotatable bonds is 5. The zero-order chi connectivity index (χ0) is 12.6. The molecule has 1 aliphatic carbocycles. The molecule has 0 atom stereocenters. The first-order chi connectivity index (χ1) is 8.74. The van der Waals surface area contributed by atoms with Crippen LogP contribution in [0.5, 0.6) is 5.75 Å². The molecule has 3 rings (SSSR count). The van der Waals surface area contributed by atoms with Gasteiger partial charge in [-0.05, 0) is 37.3 Å². The minimum absolute atomic E-state index is 0.468. The van der Waals surface area contributed by atoms with Gasteiger partial charge in [-0.1, -0.05) is 11.3 Å². The molecule has 0 spiro atoms. The lowest BCUT2D eigenvalue weighted by Crippen LogP contribution is -2.17. The van der Waals surface area contributed by atoms with Gasteiger partial charge in [0.25, 0.3) is 0 Å². The molecule has 0 unspecified atom stereocenters. The predicted octanol–water partition coefficient (Wildman–Crippen LogP) is 3.61. The van der Waals surface area contributed by atoms with Gasteiger partial charge < -0.3 is 10.1 Å². The Labute approximate surface area is 115 Å². The maximum absolute atomic E-state index is 5.23. The smallest absolute Gasteiger partial charge is 0.183 e. The highest BCUT2D eigenvalue weighted by Crippen LogP contribution is 2.47. The van der Waals surface area contributed by atoms with Crippen LogP contribution in [0.1, 0.15) is 12.8 Å². The molecule has 1 aromatic carbocycles. The second-order valence-electron chi connectivity index (χ2n) is 4.59. The summed E-state index contributed by atoms with van der Waals surface area (Å²) < 4.78 is 6.87. The van der Waals surface area contributed by atoms with Gasteiger partial charge >= 0.3 is 0 Å². The topological polar surface area (TPSA) is 34.1 Å². The third-order valence-corrected chi connectivity index (χ3v) is 5.79. The van der Waals surface area contributed by atoms with E-state index in [0.717, 1.165) is 22.9 Å². The van der Waals surface area contributed by atoms with E-state index in [1.165, 1.54) is 17.5 Å². The summed E-state index contributed by atoms with van der Waals surface area (Å²) in [6.45, 7) is 1.02. The lowest BCUT2D eigenvalue weighted by Gasteiger charge is -2.11. The average Bonchev–Trinajstić information content (AvgIpc) is 3.08. The van der Waals surface area contributed by atoms with Crippen molar-refractivity contribution in [3.63, 3.8) is 0 Å². The number of ether oxygens (including phenoxy) is 1. The van der Waals surface area contributed by atoms with Crippen LogP contribution >= 0.6 is 23.1 Å². The van der Waals surface area contributed by atoms with Crippen molar-refractivity contribution in [2.24, 2.45) is 0 Å². The summed E-state index contributed by atoms with van der Waals surface area (Å²) in [5.41, 5.74) is 1.04. The van der Waals surface area contributed by atoms with Gasteiger partial charge in [0, 0.05) is 11.3 Å². The SMILES string of the molecule is COc1ccc2nc(NCC3(SC)CC3)sc2c1. The number of hydrogen-bond acceptors (Lipinski definition) is 5. The minimum atomic E-state index is 0.468. The lowest BCUT2D eigenvalue weighted by molar-refractivity contribution is 0.415. The second-order valence-corrected chi connectivity index (χ2v) is 6.90. The average molecular weight is 280 g/mol. The van der Waals surface area contributed by atoms with Crippen molar-refractivity contribution in [1.82, 2.24) is 4.98 Å². The highest BCUT2D eigenvalue weighted by molar-refractivity contribution is 8.00. The van der Waals surface area contributed by atoms with Gasteiger partial charge in [0.15, 0.2) is 5.13 Å². The van der Waals surface area contributed by atoms with Crippen LogP contribution in [0.25, 0.3) is 10.2 Å². The summed E-state index contributed by atoms with van der Waals surface area (Å²) in [5.74, 6) is 0.889. The summed E-state index contributed by atoms with van der Waals surface area (Å²) in [7, 11) is 1.69. The Hall–Kier alpha value is -0.940. The molecule has 96 valence electrons. The Morgan fingerprint density at radius 1 is 1.50 bits per heavy atom. The molecule has 0 bridgehead atoms. The number of anilines is 1. The van der Waals surface area contributed by atoms with Crippen LogP contribution in [0.15, 0.2) is 18.2 Å². The fourth-order valence-corrected chi connectivity index (χ4v) is 3.55. The van der Waals surface area contributed by atoms with Crippen LogP contribution in [-0.2, 0) is 0 Å². The maximum atomic E-state index is 5.23. The van der Waals surface area contributed by atoms with E-state index >= 15 is 0 Å². The van der Waals surface area contributed by atoms with Crippen molar-refractivity contribution >= 4 is 38.4 Å². The zero-order valence-corrected chi connectivity index (χ0v) is 12.2. The van der Waals surface area contributed by atoms with Crippen molar-refractivity contribution in [2.75, 3.05) is 25.2 Å². The number of fused-ring (bicyclic) bond motifs is 1. The Kier molecular flexibility index (Phi) is 3.11. The molecule has 0 radical (unpaired) electrons. The van der Waals surface area contributed by atoms with Crippen molar-refractivity contribution < 1.29 is 4.74 Å². The number of thiazole rings is 1. The van der Waals surface area contributed by atoms with E-state index in [4.69, 9.17) is 4.74 Å². The summed E-state index contributed by atoms with van der Waals surface area (Å²) in [6, 6.07) is 6.01.